The molecule has 1 heterocycles. The first-order chi connectivity index (χ1) is 9.72. The predicted octanol–water partition coefficient (Wildman–Crippen LogP) is 4.00. The number of nitrogens with two attached hydrogens (primary N) is 1. The van der Waals surface area contributed by atoms with Crippen LogP contribution in [0.25, 0.3) is 10.9 Å². The van der Waals surface area contributed by atoms with E-state index in [0.717, 1.165) is 25.8 Å². The topological polar surface area (TPSA) is 48.1 Å². The smallest absolute Gasteiger partial charge is 0.130 e. The number of fused-ring (bicyclic) bond motifs is 1. The van der Waals surface area contributed by atoms with E-state index in [1.165, 1.54) is 0 Å². The Hall–Kier alpha value is -1.82. The van der Waals surface area contributed by atoms with Crippen molar-refractivity contribution in [1.82, 2.24) is 4.98 Å². The van der Waals surface area contributed by atoms with Crippen molar-refractivity contribution in [2.75, 3.05) is 5.73 Å². The maximum absolute atomic E-state index is 5.99. The van der Waals surface area contributed by atoms with E-state index >= 15 is 0 Å². The van der Waals surface area contributed by atoms with E-state index in [1.54, 1.807) is 0 Å². The Balaban J connectivity index is 1.85. The molecule has 0 radical (unpaired) electrons. The summed E-state index contributed by atoms with van der Waals surface area (Å²) in [6.45, 7) is 0.420. The minimum atomic E-state index is 0.420. The Morgan fingerprint density at radius 1 is 1.05 bits per heavy atom. The van der Waals surface area contributed by atoms with E-state index in [2.05, 4.69) is 27.6 Å². The lowest BCUT2D eigenvalue weighted by molar-refractivity contribution is 0.306. The molecule has 0 aliphatic rings. The summed E-state index contributed by atoms with van der Waals surface area (Å²) >= 11 is 2.26. The van der Waals surface area contributed by atoms with Crippen LogP contribution < -0.4 is 10.5 Å². The first-order valence-electron chi connectivity index (χ1n) is 6.25. The van der Waals surface area contributed by atoms with Gasteiger partial charge in [-0.2, -0.15) is 0 Å². The largest absolute Gasteiger partial charge is 0.489 e. The maximum Gasteiger partial charge on any atom is 0.130 e. The summed E-state index contributed by atoms with van der Waals surface area (Å²) in [5.74, 6) is 1.36. The summed E-state index contributed by atoms with van der Waals surface area (Å²) in [6, 6.07) is 17.9. The Labute approximate surface area is 130 Å². The van der Waals surface area contributed by atoms with Crippen molar-refractivity contribution >= 4 is 39.3 Å². The minimum Gasteiger partial charge on any atom is -0.489 e. The molecule has 3 aromatic rings. The second-order valence-corrected chi connectivity index (χ2v) is 5.72. The van der Waals surface area contributed by atoms with E-state index in [1.807, 2.05) is 54.6 Å². The number of aromatic nitrogens is 1. The molecule has 20 heavy (non-hydrogen) atoms. The fraction of sp³-hybridized carbons (Fsp3) is 0.0625. The first kappa shape index (κ1) is 13.2. The van der Waals surface area contributed by atoms with Gasteiger partial charge in [0, 0.05) is 14.5 Å². The number of benzene rings is 2. The van der Waals surface area contributed by atoms with Gasteiger partial charge in [0.15, 0.2) is 0 Å². The SMILES string of the molecule is Nc1nc2ccccc2cc1COc1cccc(I)c1. The van der Waals surface area contributed by atoms with Crippen LogP contribution in [0.3, 0.4) is 0 Å². The molecule has 1 aromatic heterocycles. The fourth-order valence-corrected chi connectivity index (χ4v) is 2.52. The van der Waals surface area contributed by atoms with Crippen LogP contribution in [0.4, 0.5) is 5.82 Å². The molecule has 2 N–H and O–H groups in total. The molecule has 0 aliphatic carbocycles. The molecule has 0 aliphatic heterocycles. The third-order valence-electron chi connectivity index (χ3n) is 3.03. The Morgan fingerprint density at radius 3 is 2.75 bits per heavy atom. The monoisotopic (exact) mass is 376 g/mol. The van der Waals surface area contributed by atoms with E-state index in [0.29, 0.717) is 12.4 Å². The zero-order valence-corrected chi connectivity index (χ0v) is 12.9. The number of halogens is 1. The third-order valence-corrected chi connectivity index (χ3v) is 3.70. The summed E-state index contributed by atoms with van der Waals surface area (Å²) < 4.78 is 6.92. The molecule has 4 heteroatoms. The van der Waals surface area contributed by atoms with Crippen LogP contribution in [0, 0.1) is 3.57 Å². The van der Waals surface area contributed by atoms with E-state index < -0.39 is 0 Å². The van der Waals surface area contributed by atoms with Crippen molar-refractivity contribution in [3.8, 4) is 5.75 Å². The van der Waals surface area contributed by atoms with Gasteiger partial charge in [-0.15, -0.1) is 0 Å². The molecular formula is C16H13IN2O. The zero-order chi connectivity index (χ0) is 13.9. The fourth-order valence-electron chi connectivity index (χ4n) is 2.01. The number of hydrogen-bond donors (Lipinski definition) is 1. The molecule has 0 amide bonds. The van der Waals surface area contributed by atoms with Crippen molar-refractivity contribution in [2.24, 2.45) is 0 Å². The van der Waals surface area contributed by atoms with Gasteiger partial charge < -0.3 is 10.5 Å². The van der Waals surface area contributed by atoms with Crippen LogP contribution in [0.5, 0.6) is 5.75 Å². The van der Waals surface area contributed by atoms with Gasteiger partial charge in [0.25, 0.3) is 0 Å². The molecule has 2 aromatic carbocycles. The summed E-state index contributed by atoms with van der Waals surface area (Å²) in [6.07, 6.45) is 0. The van der Waals surface area contributed by atoms with Crippen molar-refractivity contribution in [1.29, 1.82) is 0 Å². The highest BCUT2D eigenvalue weighted by Gasteiger charge is 2.05. The van der Waals surface area contributed by atoms with Crippen LogP contribution >= 0.6 is 22.6 Å². The minimum absolute atomic E-state index is 0.420. The number of nitrogen functional groups attached to an aromatic ring is 1. The Kier molecular flexibility index (Phi) is 3.73. The first-order valence-corrected chi connectivity index (χ1v) is 7.33. The summed E-state index contributed by atoms with van der Waals surface area (Å²) in [5.41, 5.74) is 7.80. The normalized spacial score (nSPS) is 10.7. The Bertz CT molecular complexity index is 758. The standard InChI is InChI=1S/C16H13IN2O/c17-13-5-3-6-14(9-13)20-10-12-8-11-4-1-2-7-15(11)19-16(12)18/h1-9H,10H2,(H2,18,19). The summed E-state index contributed by atoms with van der Waals surface area (Å²) in [4.78, 5) is 4.40. The van der Waals surface area contributed by atoms with E-state index in [9.17, 15) is 0 Å². The van der Waals surface area contributed by atoms with Crippen LogP contribution in [0.1, 0.15) is 5.56 Å². The molecule has 0 atom stereocenters. The molecule has 0 saturated heterocycles. The van der Waals surface area contributed by atoms with Crippen LogP contribution in [-0.4, -0.2) is 4.98 Å². The summed E-state index contributed by atoms with van der Waals surface area (Å²) in [5, 5.41) is 1.07. The number of anilines is 1. The molecule has 100 valence electrons. The van der Waals surface area contributed by atoms with Crippen molar-refractivity contribution in [3.05, 3.63) is 63.7 Å². The van der Waals surface area contributed by atoms with Gasteiger partial charge in [-0.3, -0.25) is 0 Å². The van der Waals surface area contributed by atoms with Gasteiger partial charge in [-0.1, -0.05) is 24.3 Å². The van der Waals surface area contributed by atoms with Gasteiger partial charge in [0.2, 0.25) is 0 Å². The van der Waals surface area contributed by atoms with Crippen molar-refractivity contribution in [2.45, 2.75) is 6.61 Å². The van der Waals surface area contributed by atoms with Gasteiger partial charge in [0.05, 0.1) is 5.52 Å². The molecule has 3 nitrogen and oxygen atoms in total. The van der Waals surface area contributed by atoms with Gasteiger partial charge in [-0.25, -0.2) is 4.98 Å². The van der Waals surface area contributed by atoms with Crippen LogP contribution in [0.15, 0.2) is 54.6 Å². The van der Waals surface area contributed by atoms with E-state index in [4.69, 9.17) is 10.5 Å². The summed E-state index contributed by atoms with van der Waals surface area (Å²) in [7, 11) is 0. The average molecular weight is 376 g/mol. The highest BCUT2D eigenvalue weighted by atomic mass is 127. The molecule has 0 bridgehead atoms. The highest BCUT2D eigenvalue weighted by molar-refractivity contribution is 14.1. The number of hydrogen-bond acceptors (Lipinski definition) is 3. The average Bonchev–Trinajstić information content (AvgIpc) is 2.45. The number of rotatable bonds is 3. The third kappa shape index (κ3) is 2.85. The van der Waals surface area contributed by atoms with Crippen LogP contribution in [0.2, 0.25) is 0 Å². The lowest BCUT2D eigenvalue weighted by Gasteiger charge is -2.09. The van der Waals surface area contributed by atoms with E-state index in [-0.39, 0.29) is 0 Å². The number of nitrogens with zero attached hydrogens (tertiary/aromatic N) is 1. The Morgan fingerprint density at radius 2 is 1.90 bits per heavy atom. The molecule has 3 rings (SSSR count). The van der Waals surface area contributed by atoms with Crippen LogP contribution in [-0.2, 0) is 6.61 Å². The van der Waals surface area contributed by atoms with Gasteiger partial charge in [0.1, 0.15) is 18.2 Å². The lowest BCUT2D eigenvalue weighted by Crippen LogP contribution is -2.02. The quantitative estimate of drug-likeness (QED) is 0.703. The van der Waals surface area contributed by atoms with Crippen molar-refractivity contribution in [3.63, 3.8) is 0 Å². The van der Waals surface area contributed by atoms with Gasteiger partial charge >= 0.3 is 0 Å². The van der Waals surface area contributed by atoms with Gasteiger partial charge in [-0.05, 0) is 52.9 Å². The highest BCUT2D eigenvalue weighted by Crippen LogP contribution is 2.21. The molecule has 0 spiro atoms. The molecule has 0 saturated carbocycles. The number of pyridine rings is 1. The number of ether oxygens (including phenoxy) is 1. The second-order valence-electron chi connectivity index (χ2n) is 4.47. The lowest BCUT2D eigenvalue weighted by atomic mass is 10.1. The molecule has 0 fully saturated rings. The molecule has 0 unspecified atom stereocenters. The van der Waals surface area contributed by atoms with Crippen molar-refractivity contribution < 1.29 is 4.74 Å². The maximum atomic E-state index is 5.99. The number of para-hydroxylation sites is 1. The molecular weight excluding hydrogens is 363 g/mol. The zero-order valence-electron chi connectivity index (χ0n) is 10.7. The predicted molar refractivity (Wildman–Crippen MR) is 89.6 cm³/mol. The second kappa shape index (κ2) is 5.66.